The molecule has 0 aliphatic carbocycles. The SMILES string of the molecule is Cl.NC(CO)Cc1cccn1S(=O)(=O)c1ccccc1. The molecule has 0 aliphatic heterocycles. The smallest absolute Gasteiger partial charge is 0.267 e. The summed E-state index contributed by atoms with van der Waals surface area (Å²) >= 11 is 0. The molecule has 0 spiro atoms. The number of aromatic nitrogens is 1. The second kappa shape index (κ2) is 6.90. The molecule has 0 amide bonds. The fourth-order valence-electron chi connectivity index (χ4n) is 1.83. The van der Waals surface area contributed by atoms with Crippen molar-refractivity contribution in [3.63, 3.8) is 0 Å². The van der Waals surface area contributed by atoms with Crippen LogP contribution in [0, 0.1) is 0 Å². The molecule has 7 heteroatoms. The van der Waals surface area contributed by atoms with Gasteiger partial charge in [0.1, 0.15) is 0 Å². The zero-order chi connectivity index (χ0) is 13.9. The van der Waals surface area contributed by atoms with Crippen LogP contribution in [0.2, 0.25) is 0 Å². The van der Waals surface area contributed by atoms with E-state index in [1.54, 1.807) is 42.5 Å². The highest BCUT2D eigenvalue weighted by atomic mass is 35.5. The van der Waals surface area contributed by atoms with E-state index in [0.29, 0.717) is 12.1 Å². The Balaban J connectivity index is 0.00000200. The molecule has 1 heterocycles. The lowest BCUT2D eigenvalue weighted by atomic mass is 10.2. The van der Waals surface area contributed by atoms with Gasteiger partial charge in [-0.05, 0) is 24.3 Å². The average molecular weight is 317 g/mol. The Kier molecular flexibility index (Phi) is 5.76. The molecular weight excluding hydrogens is 300 g/mol. The Morgan fingerprint density at radius 1 is 1.15 bits per heavy atom. The molecule has 0 fully saturated rings. The molecule has 0 radical (unpaired) electrons. The molecule has 110 valence electrons. The molecule has 1 aromatic heterocycles. The van der Waals surface area contributed by atoms with Gasteiger partial charge in [0.2, 0.25) is 0 Å². The lowest BCUT2D eigenvalue weighted by Crippen LogP contribution is -2.29. The van der Waals surface area contributed by atoms with Crippen molar-refractivity contribution in [1.82, 2.24) is 3.97 Å². The fraction of sp³-hybridized carbons (Fsp3) is 0.231. The van der Waals surface area contributed by atoms with E-state index >= 15 is 0 Å². The van der Waals surface area contributed by atoms with E-state index in [9.17, 15) is 8.42 Å². The summed E-state index contributed by atoms with van der Waals surface area (Å²) in [5.41, 5.74) is 6.22. The van der Waals surface area contributed by atoms with Gasteiger partial charge in [-0.1, -0.05) is 18.2 Å². The first-order chi connectivity index (χ1) is 9.05. The molecule has 2 rings (SSSR count). The molecule has 0 saturated carbocycles. The Morgan fingerprint density at radius 2 is 1.80 bits per heavy atom. The highest BCUT2D eigenvalue weighted by Gasteiger charge is 2.19. The minimum Gasteiger partial charge on any atom is -0.395 e. The summed E-state index contributed by atoms with van der Waals surface area (Å²) in [4.78, 5) is 0.227. The van der Waals surface area contributed by atoms with Gasteiger partial charge in [-0.2, -0.15) is 0 Å². The summed E-state index contributed by atoms with van der Waals surface area (Å²) in [6.45, 7) is -0.184. The zero-order valence-electron chi connectivity index (χ0n) is 10.7. The number of hydrogen-bond acceptors (Lipinski definition) is 4. The Labute approximate surface area is 124 Å². The number of hydrogen-bond donors (Lipinski definition) is 2. The quantitative estimate of drug-likeness (QED) is 0.862. The number of aliphatic hydroxyl groups is 1. The van der Waals surface area contributed by atoms with Crippen LogP contribution < -0.4 is 5.73 Å². The van der Waals surface area contributed by atoms with E-state index in [2.05, 4.69) is 0 Å². The van der Waals surface area contributed by atoms with Crippen molar-refractivity contribution in [2.75, 3.05) is 6.61 Å². The van der Waals surface area contributed by atoms with Crippen molar-refractivity contribution >= 4 is 22.4 Å². The first-order valence-electron chi connectivity index (χ1n) is 5.89. The Hall–Kier alpha value is -1.34. The standard InChI is InChI=1S/C13H16N2O3S.ClH/c14-11(10-16)9-12-5-4-8-15(12)19(17,18)13-6-2-1-3-7-13;/h1-8,11,16H,9-10,14H2;1H. The molecule has 1 unspecified atom stereocenters. The van der Waals surface area contributed by atoms with Gasteiger partial charge < -0.3 is 10.8 Å². The van der Waals surface area contributed by atoms with Crippen LogP contribution >= 0.6 is 12.4 Å². The number of nitrogens with two attached hydrogens (primary N) is 1. The molecule has 1 atom stereocenters. The van der Waals surface area contributed by atoms with Gasteiger partial charge in [0.05, 0.1) is 11.5 Å². The summed E-state index contributed by atoms with van der Waals surface area (Å²) in [6.07, 6.45) is 1.79. The Bertz CT molecular complexity index is 641. The van der Waals surface area contributed by atoms with Crippen LogP contribution in [-0.4, -0.2) is 30.1 Å². The summed E-state index contributed by atoms with van der Waals surface area (Å²) in [6, 6.07) is 11.1. The van der Waals surface area contributed by atoms with Gasteiger partial charge in [-0.25, -0.2) is 12.4 Å². The third-order valence-electron chi connectivity index (χ3n) is 2.80. The van der Waals surface area contributed by atoms with Gasteiger partial charge in [-0.3, -0.25) is 0 Å². The maximum absolute atomic E-state index is 12.4. The predicted octanol–water partition coefficient (Wildman–Crippen LogP) is 1.01. The predicted molar refractivity (Wildman–Crippen MR) is 79.5 cm³/mol. The third kappa shape index (κ3) is 3.40. The van der Waals surface area contributed by atoms with Crippen molar-refractivity contribution in [2.24, 2.45) is 5.73 Å². The number of aliphatic hydroxyl groups excluding tert-OH is 1. The monoisotopic (exact) mass is 316 g/mol. The van der Waals surface area contributed by atoms with Crippen LogP contribution in [0.4, 0.5) is 0 Å². The lowest BCUT2D eigenvalue weighted by molar-refractivity contribution is 0.264. The third-order valence-corrected chi connectivity index (χ3v) is 4.54. The van der Waals surface area contributed by atoms with Crippen molar-refractivity contribution < 1.29 is 13.5 Å². The van der Waals surface area contributed by atoms with E-state index in [-0.39, 0.29) is 23.9 Å². The molecule has 3 N–H and O–H groups in total. The maximum atomic E-state index is 12.4. The van der Waals surface area contributed by atoms with Gasteiger partial charge in [0.15, 0.2) is 0 Å². The minimum absolute atomic E-state index is 0. The van der Waals surface area contributed by atoms with Gasteiger partial charge in [0, 0.05) is 24.4 Å². The number of rotatable bonds is 5. The van der Waals surface area contributed by atoms with Gasteiger partial charge in [0.25, 0.3) is 10.0 Å². The Morgan fingerprint density at radius 3 is 2.40 bits per heavy atom. The summed E-state index contributed by atoms with van der Waals surface area (Å²) < 4.78 is 26.1. The molecule has 0 aliphatic rings. The van der Waals surface area contributed by atoms with Gasteiger partial charge >= 0.3 is 0 Å². The molecule has 1 aromatic carbocycles. The highest BCUT2D eigenvalue weighted by molar-refractivity contribution is 7.90. The van der Waals surface area contributed by atoms with Crippen molar-refractivity contribution in [3.05, 3.63) is 54.4 Å². The van der Waals surface area contributed by atoms with Crippen LogP contribution in [0.5, 0.6) is 0 Å². The summed E-state index contributed by atoms with van der Waals surface area (Å²) in [5.74, 6) is 0. The molecule has 0 saturated heterocycles. The molecule has 0 bridgehead atoms. The number of benzene rings is 1. The highest BCUT2D eigenvalue weighted by Crippen LogP contribution is 2.17. The summed E-state index contributed by atoms with van der Waals surface area (Å²) in [7, 11) is -3.60. The number of halogens is 1. The second-order valence-corrected chi connectivity index (χ2v) is 6.08. The van der Waals surface area contributed by atoms with Crippen molar-refractivity contribution in [3.8, 4) is 0 Å². The first kappa shape index (κ1) is 16.7. The fourth-order valence-corrected chi connectivity index (χ4v) is 3.24. The molecule has 20 heavy (non-hydrogen) atoms. The van der Waals surface area contributed by atoms with E-state index in [0.717, 1.165) is 0 Å². The van der Waals surface area contributed by atoms with Crippen LogP contribution in [-0.2, 0) is 16.4 Å². The normalized spacial score (nSPS) is 12.7. The number of nitrogens with zero attached hydrogens (tertiary/aromatic N) is 1. The van der Waals surface area contributed by atoms with E-state index < -0.39 is 16.1 Å². The van der Waals surface area contributed by atoms with Crippen LogP contribution in [0.1, 0.15) is 5.69 Å². The summed E-state index contributed by atoms with van der Waals surface area (Å²) in [5, 5.41) is 8.96. The largest absolute Gasteiger partial charge is 0.395 e. The zero-order valence-corrected chi connectivity index (χ0v) is 12.3. The van der Waals surface area contributed by atoms with E-state index in [1.165, 1.54) is 10.2 Å². The van der Waals surface area contributed by atoms with Crippen LogP contribution in [0.25, 0.3) is 0 Å². The van der Waals surface area contributed by atoms with Gasteiger partial charge in [-0.15, -0.1) is 12.4 Å². The topological polar surface area (TPSA) is 85.3 Å². The maximum Gasteiger partial charge on any atom is 0.267 e. The molecule has 5 nitrogen and oxygen atoms in total. The van der Waals surface area contributed by atoms with E-state index in [1.807, 2.05) is 0 Å². The van der Waals surface area contributed by atoms with Crippen molar-refractivity contribution in [1.29, 1.82) is 0 Å². The van der Waals surface area contributed by atoms with Crippen molar-refractivity contribution in [2.45, 2.75) is 17.4 Å². The molecule has 2 aromatic rings. The lowest BCUT2D eigenvalue weighted by Gasteiger charge is -2.13. The van der Waals surface area contributed by atoms with Crippen LogP contribution in [0.15, 0.2) is 53.6 Å². The van der Waals surface area contributed by atoms with Crippen LogP contribution in [0.3, 0.4) is 0 Å². The second-order valence-electron chi connectivity index (χ2n) is 4.26. The average Bonchev–Trinajstić information content (AvgIpc) is 2.88. The minimum atomic E-state index is -3.60. The first-order valence-corrected chi connectivity index (χ1v) is 7.33. The van der Waals surface area contributed by atoms with E-state index in [4.69, 9.17) is 10.8 Å². The molecular formula is C13H17ClN2O3S.